The van der Waals surface area contributed by atoms with Crippen LogP contribution in [0.2, 0.25) is 0 Å². The van der Waals surface area contributed by atoms with Crippen molar-refractivity contribution in [3.05, 3.63) is 60.7 Å². The molecule has 2 aromatic carbocycles. The highest BCUT2D eigenvalue weighted by atomic mass is 32.2. The highest BCUT2D eigenvalue weighted by molar-refractivity contribution is 8.00. The zero-order valence-corrected chi connectivity index (χ0v) is 18.1. The molecular weight excluding hydrogens is 442 g/mol. The second kappa shape index (κ2) is 10.8. The molecule has 11 heteroatoms. The number of rotatable bonds is 9. The number of thioether (sulfide) groups is 1. The van der Waals surface area contributed by atoms with E-state index in [0.717, 1.165) is 17.0 Å². The van der Waals surface area contributed by atoms with Gasteiger partial charge in [0.15, 0.2) is 0 Å². The highest BCUT2D eigenvalue weighted by Crippen LogP contribution is 2.28. The molecule has 0 heterocycles. The molecule has 2 aromatic rings. The van der Waals surface area contributed by atoms with Crippen molar-refractivity contribution in [2.45, 2.75) is 28.4 Å². The van der Waals surface area contributed by atoms with Crippen LogP contribution < -0.4 is 15.8 Å². The SMILES string of the molecule is CCC(Sc1cccc(NC(=O)/C=C/C(=O)O)c1)C(=O)Nc1ccc(S(N)(=O)=O)cc1. The van der Waals surface area contributed by atoms with Crippen molar-refractivity contribution in [3.63, 3.8) is 0 Å². The minimum absolute atomic E-state index is 0.0519. The third-order valence-corrected chi connectivity index (χ3v) is 6.16. The summed E-state index contributed by atoms with van der Waals surface area (Å²) in [6, 6.07) is 12.3. The van der Waals surface area contributed by atoms with Gasteiger partial charge in [0.05, 0.1) is 10.1 Å². The first-order valence-corrected chi connectivity index (χ1v) is 11.4. The third kappa shape index (κ3) is 7.89. The number of amides is 2. The minimum atomic E-state index is -3.81. The van der Waals surface area contributed by atoms with E-state index in [4.69, 9.17) is 10.2 Å². The summed E-state index contributed by atoms with van der Waals surface area (Å²) in [7, 11) is -3.81. The van der Waals surface area contributed by atoms with Crippen LogP contribution in [0, 0.1) is 0 Å². The standard InChI is InChI=1S/C20H21N3O6S2/c1-2-17(20(27)23-13-6-8-16(9-7-13)31(21,28)29)30-15-5-3-4-14(12-15)22-18(24)10-11-19(25)26/h3-12,17H,2H2,1H3,(H,22,24)(H,23,27)(H,25,26)(H2,21,28,29)/b11-10+. The first-order valence-electron chi connectivity index (χ1n) is 9.01. The summed E-state index contributed by atoms with van der Waals surface area (Å²) < 4.78 is 22.6. The number of primary sulfonamides is 1. The lowest BCUT2D eigenvalue weighted by molar-refractivity contribution is -0.131. The Labute approximate surface area is 183 Å². The molecule has 2 amide bonds. The van der Waals surface area contributed by atoms with Crippen LogP contribution in [0.15, 0.2) is 70.5 Å². The number of hydrogen-bond acceptors (Lipinski definition) is 6. The van der Waals surface area contributed by atoms with Crippen molar-refractivity contribution < 1.29 is 27.9 Å². The molecule has 0 bridgehead atoms. The summed E-state index contributed by atoms with van der Waals surface area (Å²) in [5.41, 5.74) is 0.890. The van der Waals surface area contributed by atoms with E-state index in [1.54, 1.807) is 24.3 Å². The number of benzene rings is 2. The fourth-order valence-electron chi connectivity index (χ4n) is 2.42. The Bertz CT molecular complexity index is 1100. The molecule has 0 aliphatic carbocycles. The topological polar surface area (TPSA) is 156 Å². The largest absolute Gasteiger partial charge is 0.478 e. The maximum Gasteiger partial charge on any atom is 0.328 e. The van der Waals surface area contributed by atoms with Gasteiger partial charge in [0.25, 0.3) is 0 Å². The summed E-state index contributed by atoms with van der Waals surface area (Å²) >= 11 is 1.29. The number of hydrogen-bond donors (Lipinski definition) is 4. The van der Waals surface area contributed by atoms with Gasteiger partial charge in [0, 0.05) is 28.4 Å². The number of anilines is 2. The molecule has 9 nitrogen and oxygen atoms in total. The Balaban J connectivity index is 2.04. The normalized spacial score (nSPS) is 12.3. The zero-order valence-electron chi connectivity index (χ0n) is 16.4. The van der Waals surface area contributed by atoms with Crippen molar-refractivity contribution in [2.75, 3.05) is 10.6 Å². The zero-order chi connectivity index (χ0) is 23.0. The van der Waals surface area contributed by atoms with Crippen LogP contribution in [0.5, 0.6) is 0 Å². The number of aliphatic carboxylic acids is 1. The van der Waals surface area contributed by atoms with Gasteiger partial charge in [-0.3, -0.25) is 9.59 Å². The van der Waals surface area contributed by atoms with E-state index in [-0.39, 0.29) is 10.8 Å². The van der Waals surface area contributed by atoms with Gasteiger partial charge < -0.3 is 15.7 Å². The van der Waals surface area contributed by atoms with Crippen LogP contribution in [0.1, 0.15) is 13.3 Å². The van der Waals surface area contributed by atoms with Gasteiger partial charge in [-0.15, -0.1) is 11.8 Å². The van der Waals surface area contributed by atoms with E-state index in [1.807, 2.05) is 6.92 Å². The van der Waals surface area contributed by atoms with E-state index >= 15 is 0 Å². The van der Waals surface area contributed by atoms with Crippen molar-refractivity contribution in [3.8, 4) is 0 Å². The van der Waals surface area contributed by atoms with Crippen LogP contribution in [-0.2, 0) is 24.4 Å². The van der Waals surface area contributed by atoms with Crippen LogP contribution in [-0.4, -0.2) is 36.6 Å². The minimum Gasteiger partial charge on any atom is -0.478 e. The number of carbonyl (C=O) groups excluding carboxylic acids is 2. The monoisotopic (exact) mass is 463 g/mol. The first kappa shape index (κ1) is 24.1. The number of carbonyl (C=O) groups is 3. The summed E-state index contributed by atoms with van der Waals surface area (Å²) in [4.78, 5) is 35.5. The second-order valence-electron chi connectivity index (χ2n) is 6.26. The lowest BCUT2D eigenvalue weighted by atomic mass is 10.2. The molecule has 164 valence electrons. The Hall–Kier alpha value is -3.15. The Morgan fingerprint density at radius 2 is 1.74 bits per heavy atom. The lowest BCUT2D eigenvalue weighted by Crippen LogP contribution is -2.24. The Morgan fingerprint density at radius 3 is 2.32 bits per heavy atom. The molecule has 1 atom stereocenters. The quantitative estimate of drug-likeness (QED) is 0.329. The van der Waals surface area contributed by atoms with Gasteiger partial charge >= 0.3 is 5.97 Å². The van der Waals surface area contributed by atoms with Gasteiger partial charge in [-0.1, -0.05) is 13.0 Å². The lowest BCUT2D eigenvalue weighted by Gasteiger charge is -2.15. The van der Waals surface area contributed by atoms with E-state index in [0.29, 0.717) is 17.8 Å². The van der Waals surface area contributed by atoms with E-state index in [1.165, 1.54) is 36.0 Å². The number of carboxylic acids is 1. The predicted octanol–water partition coefficient (Wildman–Crippen LogP) is 2.42. The molecule has 0 saturated heterocycles. The summed E-state index contributed by atoms with van der Waals surface area (Å²) in [5, 5.41) is 18.5. The molecule has 5 N–H and O–H groups in total. The van der Waals surface area contributed by atoms with Crippen molar-refractivity contribution in [2.24, 2.45) is 5.14 Å². The predicted molar refractivity (Wildman–Crippen MR) is 118 cm³/mol. The highest BCUT2D eigenvalue weighted by Gasteiger charge is 2.19. The third-order valence-electron chi connectivity index (χ3n) is 3.87. The fraction of sp³-hybridized carbons (Fsp3) is 0.150. The number of nitrogens with one attached hydrogen (secondary N) is 2. The van der Waals surface area contributed by atoms with Gasteiger partial charge in [0.1, 0.15) is 0 Å². The molecule has 0 radical (unpaired) electrons. The number of carboxylic acid groups (broad SMARTS) is 1. The van der Waals surface area contributed by atoms with Crippen molar-refractivity contribution >= 4 is 50.9 Å². The Kier molecular flexibility index (Phi) is 8.37. The second-order valence-corrected chi connectivity index (χ2v) is 9.10. The van der Waals surface area contributed by atoms with Gasteiger partial charge in [-0.05, 0) is 48.9 Å². The van der Waals surface area contributed by atoms with Crippen molar-refractivity contribution in [1.29, 1.82) is 0 Å². The maximum absolute atomic E-state index is 12.6. The van der Waals surface area contributed by atoms with Crippen LogP contribution in [0.4, 0.5) is 11.4 Å². The molecule has 2 rings (SSSR count). The average molecular weight is 464 g/mol. The van der Waals surface area contributed by atoms with Crippen LogP contribution in [0.3, 0.4) is 0 Å². The van der Waals surface area contributed by atoms with E-state index < -0.39 is 27.1 Å². The van der Waals surface area contributed by atoms with Gasteiger partial charge in [0.2, 0.25) is 21.8 Å². The van der Waals surface area contributed by atoms with E-state index in [2.05, 4.69) is 10.6 Å². The van der Waals surface area contributed by atoms with Crippen LogP contribution >= 0.6 is 11.8 Å². The molecule has 0 spiro atoms. The molecule has 0 aliphatic rings. The Morgan fingerprint density at radius 1 is 1.06 bits per heavy atom. The van der Waals surface area contributed by atoms with Gasteiger partial charge in [-0.25, -0.2) is 18.4 Å². The fourth-order valence-corrected chi connectivity index (χ4v) is 3.94. The molecule has 0 aromatic heterocycles. The summed E-state index contributed by atoms with van der Waals surface area (Å²) in [6.07, 6.45) is 2.16. The molecule has 0 saturated carbocycles. The molecule has 31 heavy (non-hydrogen) atoms. The molecule has 0 fully saturated rings. The summed E-state index contributed by atoms with van der Waals surface area (Å²) in [6.45, 7) is 1.85. The molecular formula is C20H21N3O6S2. The molecule has 0 aliphatic heterocycles. The summed E-state index contributed by atoms with van der Waals surface area (Å²) in [5.74, 6) is -2.08. The molecule has 1 unspecified atom stereocenters. The maximum atomic E-state index is 12.6. The van der Waals surface area contributed by atoms with E-state index in [9.17, 15) is 22.8 Å². The number of sulfonamides is 1. The smallest absolute Gasteiger partial charge is 0.328 e. The van der Waals surface area contributed by atoms with Crippen LogP contribution in [0.25, 0.3) is 0 Å². The average Bonchev–Trinajstić information content (AvgIpc) is 2.70. The first-order chi connectivity index (χ1) is 14.6. The number of nitrogens with two attached hydrogens (primary N) is 1. The van der Waals surface area contributed by atoms with Gasteiger partial charge in [-0.2, -0.15) is 0 Å². The van der Waals surface area contributed by atoms with Crippen molar-refractivity contribution in [1.82, 2.24) is 0 Å².